The SMILES string of the molecule is NCCN(CCN)C(=O)C[C@H](N)C(=O)N[C@@H](CCc1ccccc1)C(=O)NCc1ccc(Cl)c(Cl)c1. The van der Waals surface area contributed by atoms with Crippen molar-refractivity contribution in [1.29, 1.82) is 0 Å². The van der Waals surface area contributed by atoms with Crippen molar-refractivity contribution in [3.8, 4) is 0 Å². The molecule has 0 aliphatic rings. The average molecular weight is 537 g/mol. The molecule has 36 heavy (non-hydrogen) atoms. The van der Waals surface area contributed by atoms with E-state index < -0.39 is 18.0 Å². The van der Waals surface area contributed by atoms with Gasteiger partial charge in [-0.15, -0.1) is 0 Å². The lowest BCUT2D eigenvalue weighted by molar-refractivity contribution is -0.135. The molecule has 0 spiro atoms. The number of amides is 3. The largest absolute Gasteiger partial charge is 0.350 e. The highest BCUT2D eigenvalue weighted by Gasteiger charge is 2.26. The summed E-state index contributed by atoms with van der Waals surface area (Å²) in [7, 11) is 0. The van der Waals surface area contributed by atoms with Crippen molar-refractivity contribution in [2.75, 3.05) is 26.2 Å². The molecule has 2 atom stereocenters. The van der Waals surface area contributed by atoms with Crippen LogP contribution < -0.4 is 27.8 Å². The summed E-state index contributed by atoms with van der Waals surface area (Å²) >= 11 is 12.0. The van der Waals surface area contributed by atoms with Crippen LogP contribution >= 0.6 is 23.2 Å². The Kier molecular flexibility index (Phi) is 12.7. The summed E-state index contributed by atoms with van der Waals surface area (Å²) in [6, 6.07) is 12.7. The third-order valence-corrected chi connectivity index (χ3v) is 6.27. The maximum Gasteiger partial charge on any atom is 0.242 e. The Morgan fingerprint density at radius 2 is 1.56 bits per heavy atom. The van der Waals surface area contributed by atoms with Crippen LogP contribution in [0.1, 0.15) is 24.0 Å². The molecule has 0 radical (unpaired) electrons. The Bertz CT molecular complexity index is 1000. The van der Waals surface area contributed by atoms with E-state index in [-0.39, 0.29) is 37.9 Å². The zero-order chi connectivity index (χ0) is 26.5. The molecule has 0 aromatic heterocycles. The molecule has 8 N–H and O–H groups in total. The van der Waals surface area contributed by atoms with E-state index in [1.807, 2.05) is 30.3 Å². The second kappa shape index (κ2) is 15.4. The monoisotopic (exact) mass is 536 g/mol. The summed E-state index contributed by atoms with van der Waals surface area (Å²) in [6.45, 7) is 1.38. The van der Waals surface area contributed by atoms with Gasteiger partial charge in [0.1, 0.15) is 6.04 Å². The Morgan fingerprint density at radius 3 is 2.17 bits per heavy atom. The quantitative estimate of drug-likeness (QED) is 0.244. The molecule has 2 aromatic rings. The van der Waals surface area contributed by atoms with E-state index in [0.29, 0.717) is 36.0 Å². The predicted octanol–water partition coefficient (Wildman–Crippen LogP) is 1.19. The molecule has 0 heterocycles. The molecule has 2 rings (SSSR count). The van der Waals surface area contributed by atoms with Crippen LogP contribution in [0, 0.1) is 0 Å². The number of rotatable bonds is 14. The maximum absolute atomic E-state index is 13.0. The van der Waals surface area contributed by atoms with Crippen LogP contribution in [0.2, 0.25) is 10.0 Å². The zero-order valence-corrected chi connectivity index (χ0v) is 21.6. The highest BCUT2D eigenvalue weighted by Crippen LogP contribution is 2.22. The maximum atomic E-state index is 13.0. The summed E-state index contributed by atoms with van der Waals surface area (Å²) in [5, 5.41) is 6.33. The molecular formula is C25H34Cl2N6O3. The Hall–Kier alpha value is -2.69. The van der Waals surface area contributed by atoms with Gasteiger partial charge >= 0.3 is 0 Å². The summed E-state index contributed by atoms with van der Waals surface area (Å²) in [6.07, 6.45) is 0.680. The molecule has 196 valence electrons. The van der Waals surface area contributed by atoms with E-state index in [4.69, 9.17) is 40.4 Å². The number of halogens is 2. The summed E-state index contributed by atoms with van der Waals surface area (Å²) in [4.78, 5) is 39.9. The molecule has 0 saturated carbocycles. The van der Waals surface area contributed by atoms with Crippen LogP contribution in [0.25, 0.3) is 0 Å². The Balaban J connectivity index is 2.04. The van der Waals surface area contributed by atoms with E-state index in [2.05, 4.69) is 10.6 Å². The highest BCUT2D eigenvalue weighted by molar-refractivity contribution is 6.42. The van der Waals surface area contributed by atoms with Gasteiger partial charge in [0.25, 0.3) is 0 Å². The third-order valence-electron chi connectivity index (χ3n) is 5.53. The number of nitrogens with zero attached hydrogens (tertiary/aromatic N) is 1. The molecule has 0 bridgehead atoms. The highest BCUT2D eigenvalue weighted by atomic mass is 35.5. The lowest BCUT2D eigenvalue weighted by Gasteiger charge is -2.24. The van der Waals surface area contributed by atoms with Crippen molar-refractivity contribution in [3.05, 3.63) is 69.7 Å². The van der Waals surface area contributed by atoms with Crippen molar-refractivity contribution in [3.63, 3.8) is 0 Å². The molecule has 2 aromatic carbocycles. The van der Waals surface area contributed by atoms with Gasteiger partial charge in [0.15, 0.2) is 0 Å². The van der Waals surface area contributed by atoms with Gasteiger partial charge in [-0.3, -0.25) is 14.4 Å². The molecule has 0 aliphatic heterocycles. The first kappa shape index (κ1) is 29.5. The molecule has 0 saturated heterocycles. The topological polar surface area (TPSA) is 157 Å². The van der Waals surface area contributed by atoms with Crippen LogP contribution in [-0.4, -0.2) is 60.9 Å². The average Bonchev–Trinajstić information content (AvgIpc) is 2.87. The number of carbonyl (C=O) groups is 3. The van der Waals surface area contributed by atoms with Gasteiger partial charge in [-0.1, -0.05) is 59.6 Å². The van der Waals surface area contributed by atoms with Gasteiger partial charge in [-0.05, 0) is 36.1 Å². The normalized spacial score (nSPS) is 12.5. The minimum absolute atomic E-state index is 0.200. The van der Waals surface area contributed by atoms with E-state index in [0.717, 1.165) is 11.1 Å². The Labute approximate surface area is 221 Å². The second-order valence-electron chi connectivity index (χ2n) is 8.32. The second-order valence-corrected chi connectivity index (χ2v) is 9.13. The number of nitrogens with one attached hydrogen (secondary N) is 2. The fraction of sp³-hybridized carbons (Fsp3) is 0.400. The van der Waals surface area contributed by atoms with Gasteiger partial charge in [-0.25, -0.2) is 0 Å². The molecule has 9 nitrogen and oxygen atoms in total. The molecular weight excluding hydrogens is 503 g/mol. The van der Waals surface area contributed by atoms with Crippen molar-refractivity contribution in [2.45, 2.75) is 37.9 Å². The molecule has 0 aliphatic carbocycles. The van der Waals surface area contributed by atoms with Crippen molar-refractivity contribution in [2.24, 2.45) is 17.2 Å². The van der Waals surface area contributed by atoms with Gasteiger partial charge in [0.05, 0.1) is 22.5 Å². The van der Waals surface area contributed by atoms with Crippen LogP contribution in [0.15, 0.2) is 48.5 Å². The van der Waals surface area contributed by atoms with Gasteiger partial charge in [0, 0.05) is 32.7 Å². The zero-order valence-electron chi connectivity index (χ0n) is 20.1. The number of carbonyl (C=O) groups excluding carboxylic acids is 3. The molecule has 0 fully saturated rings. The first-order chi connectivity index (χ1) is 17.2. The Morgan fingerprint density at radius 1 is 0.889 bits per heavy atom. The van der Waals surface area contributed by atoms with Crippen molar-refractivity contribution >= 4 is 40.9 Å². The first-order valence-corrected chi connectivity index (χ1v) is 12.5. The molecule has 3 amide bonds. The fourth-order valence-corrected chi connectivity index (χ4v) is 3.87. The van der Waals surface area contributed by atoms with Crippen molar-refractivity contribution < 1.29 is 14.4 Å². The third kappa shape index (κ3) is 9.75. The summed E-state index contributed by atoms with van der Waals surface area (Å²) in [5.41, 5.74) is 18.9. The van der Waals surface area contributed by atoms with E-state index in [1.165, 1.54) is 4.90 Å². The van der Waals surface area contributed by atoms with Gasteiger partial charge in [0.2, 0.25) is 17.7 Å². The smallest absolute Gasteiger partial charge is 0.242 e. The van der Waals surface area contributed by atoms with Crippen molar-refractivity contribution in [1.82, 2.24) is 15.5 Å². The standard InChI is InChI=1S/C25H34Cl2N6O3/c26-19-8-6-18(14-20(19)27)16-31-25(36)22(9-7-17-4-2-1-3-5-17)32-24(35)21(30)15-23(34)33(12-10-28)13-11-29/h1-6,8,14,21-22H,7,9-13,15-16,28-30H2,(H,31,36)(H,32,35)/t21-,22-/m0/s1. The minimum atomic E-state index is -1.13. The van der Waals surface area contributed by atoms with E-state index >= 15 is 0 Å². The van der Waals surface area contributed by atoms with E-state index in [1.54, 1.807) is 18.2 Å². The van der Waals surface area contributed by atoms with Crippen LogP contribution in [0.5, 0.6) is 0 Å². The van der Waals surface area contributed by atoms with Gasteiger partial charge in [-0.2, -0.15) is 0 Å². The van der Waals surface area contributed by atoms with Crippen LogP contribution in [0.4, 0.5) is 0 Å². The first-order valence-electron chi connectivity index (χ1n) is 11.7. The lowest BCUT2D eigenvalue weighted by atomic mass is 10.0. The molecule has 11 heteroatoms. The fourth-order valence-electron chi connectivity index (χ4n) is 3.55. The summed E-state index contributed by atoms with van der Waals surface area (Å²) in [5.74, 6) is -1.29. The van der Waals surface area contributed by atoms with Crippen LogP contribution in [0.3, 0.4) is 0 Å². The van der Waals surface area contributed by atoms with Crippen LogP contribution in [-0.2, 0) is 27.3 Å². The number of hydrogen-bond donors (Lipinski definition) is 5. The lowest BCUT2D eigenvalue weighted by Crippen LogP contribution is -2.53. The van der Waals surface area contributed by atoms with E-state index in [9.17, 15) is 14.4 Å². The number of benzene rings is 2. The van der Waals surface area contributed by atoms with Gasteiger partial charge < -0.3 is 32.7 Å². The number of nitrogens with two attached hydrogens (primary N) is 3. The number of aryl methyl sites for hydroxylation is 1. The molecule has 0 unspecified atom stereocenters. The number of hydrogen-bond acceptors (Lipinski definition) is 6. The summed E-state index contributed by atoms with van der Waals surface area (Å²) < 4.78 is 0. The minimum Gasteiger partial charge on any atom is -0.350 e. The predicted molar refractivity (Wildman–Crippen MR) is 142 cm³/mol.